The van der Waals surface area contributed by atoms with E-state index in [9.17, 15) is 4.39 Å². The number of rotatable bonds is 4. The summed E-state index contributed by atoms with van der Waals surface area (Å²) in [6.45, 7) is 2.79. The SMILES string of the molecule is CCc1c(Cn2ccnc2-c2cccc(F)c2)[nH]c2cc(N)ccc12. The minimum absolute atomic E-state index is 0.262. The van der Waals surface area contributed by atoms with Crippen molar-refractivity contribution >= 4 is 16.6 Å². The average Bonchev–Trinajstić information content (AvgIpc) is 3.18. The smallest absolute Gasteiger partial charge is 0.140 e. The van der Waals surface area contributed by atoms with Gasteiger partial charge in [0.25, 0.3) is 0 Å². The lowest BCUT2D eigenvalue weighted by Crippen LogP contribution is -2.03. The molecule has 0 saturated heterocycles. The third kappa shape index (κ3) is 2.78. The number of nitrogens with one attached hydrogen (secondary N) is 1. The van der Waals surface area contributed by atoms with E-state index in [2.05, 4.69) is 23.0 Å². The van der Waals surface area contributed by atoms with Gasteiger partial charge in [-0.2, -0.15) is 0 Å². The van der Waals surface area contributed by atoms with Gasteiger partial charge in [0.15, 0.2) is 0 Å². The highest BCUT2D eigenvalue weighted by molar-refractivity contribution is 5.87. The molecule has 0 bridgehead atoms. The first kappa shape index (κ1) is 15.4. The van der Waals surface area contributed by atoms with Crippen molar-refractivity contribution in [3.63, 3.8) is 0 Å². The van der Waals surface area contributed by atoms with Crippen LogP contribution in [0, 0.1) is 5.82 Å². The molecule has 0 radical (unpaired) electrons. The molecule has 2 aromatic heterocycles. The van der Waals surface area contributed by atoms with Gasteiger partial charge in [-0.3, -0.25) is 0 Å². The Morgan fingerprint density at radius 3 is 2.88 bits per heavy atom. The van der Waals surface area contributed by atoms with E-state index in [0.29, 0.717) is 6.54 Å². The van der Waals surface area contributed by atoms with E-state index in [1.807, 2.05) is 29.0 Å². The number of aryl methyl sites for hydroxylation is 1. The van der Waals surface area contributed by atoms with Crippen LogP contribution in [0.1, 0.15) is 18.2 Å². The fourth-order valence-electron chi connectivity index (χ4n) is 3.36. The van der Waals surface area contributed by atoms with Crippen LogP contribution in [0.2, 0.25) is 0 Å². The van der Waals surface area contributed by atoms with Gasteiger partial charge in [-0.25, -0.2) is 9.37 Å². The van der Waals surface area contributed by atoms with Crippen LogP contribution in [-0.4, -0.2) is 14.5 Å². The van der Waals surface area contributed by atoms with Gasteiger partial charge in [0, 0.05) is 40.2 Å². The van der Waals surface area contributed by atoms with Gasteiger partial charge in [0.05, 0.1) is 6.54 Å². The number of hydrogen-bond donors (Lipinski definition) is 2. The number of aromatic amines is 1. The number of benzene rings is 2. The monoisotopic (exact) mass is 334 g/mol. The zero-order chi connectivity index (χ0) is 17.4. The van der Waals surface area contributed by atoms with E-state index in [-0.39, 0.29) is 5.82 Å². The number of halogens is 1. The summed E-state index contributed by atoms with van der Waals surface area (Å²) < 4.78 is 15.6. The van der Waals surface area contributed by atoms with Crippen molar-refractivity contribution in [1.29, 1.82) is 0 Å². The van der Waals surface area contributed by atoms with Crippen molar-refractivity contribution in [2.45, 2.75) is 19.9 Å². The van der Waals surface area contributed by atoms with Crippen LogP contribution < -0.4 is 5.73 Å². The molecule has 5 heteroatoms. The number of aromatic nitrogens is 3. The van der Waals surface area contributed by atoms with Crippen molar-refractivity contribution in [2.24, 2.45) is 0 Å². The standard InChI is InChI=1S/C20H19FN4/c1-2-16-17-7-6-15(22)11-18(17)24-19(16)12-25-9-8-23-20(25)13-4-3-5-14(21)10-13/h3-11,24H,2,12,22H2,1H3. The lowest BCUT2D eigenvalue weighted by atomic mass is 10.1. The Hall–Kier alpha value is -3.08. The van der Waals surface area contributed by atoms with Gasteiger partial charge >= 0.3 is 0 Å². The summed E-state index contributed by atoms with van der Waals surface area (Å²) in [5.41, 5.74) is 10.8. The maximum absolute atomic E-state index is 13.6. The van der Waals surface area contributed by atoms with E-state index < -0.39 is 0 Å². The number of nitrogens with two attached hydrogens (primary N) is 1. The van der Waals surface area contributed by atoms with Crippen LogP contribution in [0.3, 0.4) is 0 Å². The van der Waals surface area contributed by atoms with Crippen LogP contribution in [0.15, 0.2) is 54.9 Å². The van der Waals surface area contributed by atoms with Crippen LogP contribution in [0.5, 0.6) is 0 Å². The van der Waals surface area contributed by atoms with Gasteiger partial charge in [-0.1, -0.05) is 25.1 Å². The number of hydrogen-bond acceptors (Lipinski definition) is 2. The number of anilines is 1. The molecular weight excluding hydrogens is 315 g/mol. The predicted octanol–water partition coefficient (Wildman–Crippen LogP) is 4.36. The highest BCUT2D eigenvalue weighted by atomic mass is 19.1. The second-order valence-corrected chi connectivity index (χ2v) is 6.13. The number of nitrogens with zero attached hydrogens (tertiary/aromatic N) is 2. The summed E-state index contributed by atoms with van der Waals surface area (Å²) in [6, 6.07) is 12.5. The molecule has 0 amide bonds. The van der Waals surface area contributed by atoms with Gasteiger partial charge in [-0.15, -0.1) is 0 Å². The van der Waals surface area contributed by atoms with E-state index >= 15 is 0 Å². The minimum atomic E-state index is -0.262. The molecule has 25 heavy (non-hydrogen) atoms. The fraction of sp³-hybridized carbons (Fsp3) is 0.150. The molecule has 4 rings (SSSR count). The maximum Gasteiger partial charge on any atom is 0.140 e. The Labute approximate surface area is 145 Å². The third-order valence-corrected chi connectivity index (χ3v) is 4.50. The first-order valence-corrected chi connectivity index (χ1v) is 8.31. The largest absolute Gasteiger partial charge is 0.399 e. The Balaban J connectivity index is 1.77. The number of H-pyrrole nitrogens is 1. The molecule has 0 saturated carbocycles. The zero-order valence-corrected chi connectivity index (χ0v) is 14.0. The van der Waals surface area contributed by atoms with E-state index in [1.165, 1.54) is 23.1 Å². The van der Waals surface area contributed by atoms with Crippen LogP contribution >= 0.6 is 0 Å². The van der Waals surface area contributed by atoms with Crippen molar-refractivity contribution < 1.29 is 4.39 Å². The van der Waals surface area contributed by atoms with Gasteiger partial charge in [0.1, 0.15) is 11.6 Å². The Kier molecular flexibility index (Phi) is 3.76. The van der Waals surface area contributed by atoms with Gasteiger partial charge < -0.3 is 15.3 Å². The highest BCUT2D eigenvalue weighted by Crippen LogP contribution is 2.27. The molecule has 0 spiro atoms. The van der Waals surface area contributed by atoms with E-state index in [0.717, 1.165) is 34.7 Å². The molecule has 2 aromatic carbocycles. The van der Waals surface area contributed by atoms with E-state index in [1.54, 1.807) is 12.3 Å². The topological polar surface area (TPSA) is 59.6 Å². The molecular formula is C20H19FN4. The lowest BCUT2D eigenvalue weighted by Gasteiger charge is -2.09. The molecule has 0 aliphatic carbocycles. The first-order valence-electron chi connectivity index (χ1n) is 8.31. The van der Waals surface area contributed by atoms with Crippen molar-refractivity contribution in [2.75, 3.05) is 5.73 Å². The zero-order valence-electron chi connectivity index (χ0n) is 14.0. The first-order chi connectivity index (χ1) is 12.2. The number of imidazole rings is 1. The Morgan fingerprint density at radius 2 is 2.08 bits per heavy atom. The fourth-order valence-corrected chi connectivity index (χ4v) is 3.36. The van der Waals surface area contributed by atoms with Gasteiger partial charge in [-0.05, 0) is 36.2 Å². The quantitative estimate of drug-likeness (QED) is 0.545. The van der Waals surface area contributed by atoms with E-state index in [4.69, 9.17) is 5.73 Å². The predicted molar refractivity (Wildman–Crippen MR) is 98.8 cm³/mol. The lowest BCUT2D eigenvalue weighted by molar-refractivity contribution is 0.628. The summed E-state index contributed by atoms with van der Waals surface area (Å²) in [6.07, 6.45) is 4.58. The van der Waals surface area contributed by atoms with Crippen LogP contribution in [-0.2, 0) is 13.0 Å². The van der Waals surface area contributed by atoms with Crippen molar-refractivity contribution in [1.82, 2.24) is 14.5 Å². The summed E-state index contributed by atoms with van der Waals surface area (Å²) in [5, 5.41) is 1.19. The molecule has 0 fully saturated rings. The van der Waals surface area contributed by atoms with Crippen LogP contribution in [0.25, 0.3) is 22.3 Å². The molecule has 4 nitrogen and oxygen atoms in total. The number of nitrogen functional groups attached to an aromatic ring is 1. The third-order valence-electron chi connectivity index (χ3n) is 4.50. The molecule has 126 valence electrons. The second-order valence-electron chi connectivity index (χ2n) is 6.13. The number of fused-ring (bicyclic) bond motifs is 1. The van der Waals surface area contributed by atoms with Crippen molar-refractivity contribution in [3.8, 4) is 11.4 Å². The molecule has 3 N–H and O–H groups in total. The molecule has 0 atom stereocenters. The van der Waals surface area contributed by atoms with Gasteiger partial charge in [0.2, 0.25) is 0 Å². The molecule has 4 aromatic rings. The molecule has 0 aliphatic heterocycles. The normalized spacial score (nSPS) is 11.3. The maximum atomic E-state index is 13.6. The summed E-state index contributed by atoms with van der Waals surface area (Å²) in [7, 11) is 0. The highest BCUT2D eigenvalue weighted by Gasteiger charge is 2.13. The molecule has 0 aliphatic rings. The summed E-state index contributed by atoms with van der Waals surface area (Å²) in [4.78, 5) is 7.89. The summed E-state index contributed by atoms with van der Waals surface area (Å²) >= 11 is 0. The van der Waals surface area contributed by atoms with Crippen LogP contribution in [0.4, 0.5) is 10.1 Å². The van der Waals surface area contributed by atoms with Crippen molar-refractivity contribution in [3.05, 3.63) is 71.9 Å². The summed E-state index contributed by atoms with van der Waals surface area (Å²) in [5.74, 6) is 0.488. The molecule has 2 heterocycles. The Bertz CT molecular complexity index is 1040. The second kappa shape index (κ2) is 6.09. The molecule has 0 unspecified atom stereocenters. The Morgan fingerprint density at radius 1 is 1.20 bits per heavy atom. The minimum Gasteiger partial charge on any atom is -0.399 e. The average molecular weight is 334 g/mol.